The lowest BCUT2D eigenvalue weighted by atomic mass is 10.1. The molecule has 128 valence electrons. The van der Waals surface area contributed by atoms with Crippen LogP contribution in [0.25, 0.3) is 17.0 Å². The van der Waals surface area contributed by atoms with E-state index < -0.39 is 11.7 Å². The standard InChI is InChI=1S/C19H10FNO3S2/c20-13-6-2-3-7-14(13)21-18(23)16(26-19(21)25)9-11-10-24-15-8-4-1-5-12(15)17(11)22/h1-10H. The van der Waals surface area contributed by atoms with Crippen molar-refractivity contribution in [1.29, 1.82) is 0 Å². The first-order valence-electron chi connectivity index (χ1n) is 7.59. The molecule has 1 aliphatic heterocycles. The molecule has 1 saturated heterocycles. The van der Waals surface area contributed by atoms with Gasteiger partial charge in [-0.15, -0.1) is 0 Å². The van der Waals surface area contributed by atoms with Gasteiger partial charge < -0.3 is 4.42 Å². The fraction of sp³-hybridized carbons (Fsp3) is 0. The molecule has 0 spiro atoms. The van der Waals surface area contributed by atoms with Crippen molar-refractivity contribution in [3.8, 4) is 0 Å². The Balaban J connectivity index is 1.77. The number of hydrogen-bond donors (Lipinski definition) is 0. The number of carbonyl (C=O) groups is 1. The summed E-state index contributed by atoms with van der Waals surface area (Å²) in [7, 11) is 0. The molecule has 1 aliphatic rings. The summed E-state index contributed by atoms with van der Waals surface area (Å²) in [4.78, 5) is 26.6. The highest BCUT2D eigenvalue weighted by Gasteiger charge is 2.34. The third-order valence-corrected chi connectivity index (χ3v) is 5.18. The van der Waals surface area contributed by atoms with Crippen LogP contribution in [0.1, 0.15) is 5.56 Å². The zero-order valence-electron chi connectivity index (χ0n) is 13.1. The number of anilines is 1. The Morgan fingerprint density at radius 1 is 1.08 bits per heavy atom. The highest BCUT2D eigenvalue weighted by atomic mass is 32.2. The van der Waals surface area contributed by atoms with Crippen molar-refractivity contribution in [2.75, 3.05) is 4.90 Å². The van der Waals surface area contributed by atoms with E-state index in [1.807, 2.05) is 0 Å². The van der Waals surface area contributed by atoms with Crippen LogP contribution in [-0.2, 0) is 4.79 Å². The zero-order chi connectivity index (χ0) is 18.3. The Bertz CT molecular complexity index is 1150. The molecule has 1 fully saturated rings. The molecule has 2 heterocycles. The molecule has 4 rings (SSSR count). The summed E-state index contributed by atoms with van der Waals surface area (Å²) in [5.41, 5.74) is 0.540. The molecule has 1 aromatic heterocycles. The van der Waals surface area contributed by atoms with Gasteiger partial charge >= 0.3 is 0 Å². The average Bonchev–Trinajstić information content (AvgIpc) is 2.92. The summed E-state index contributed by atoms with van der Waals surface area (Å²) in [5, 5.41) is 0.422. The first-order valence-corrected chi connectivity index (χ1v) is 8.82. The first kappa shape index (κ1) is 16.7. The van der Waals surface area contributed by atoms with Gasteiger partial charge in [0.15, 0.2) is 9.75 Å². The Morgan fingerprint density at radius 3 is 2.62 bits per heavy atom. The highest BCUT2D eigenvalue weighted by molar-refractivity contribution is 8.27. The van der Waals surface area contributed by atoms with Gasteiger partial charge in [0.1, 0.15) is 17.7 Å². The van der Waals surface area contributed by atoms with Crippen molar-refractivity contribution in [2.24, 2.45) is 0 Å². The van der Waals surface area contributed by atoms with Crippen molar-refractivity contribution in [1.82, 2.24) is 0 Å². The quantitative estimate of drug-likeness (QED) is 0.487. The number of amides is 1. The zero-order valence-corrected chi connectivity index (χ0v) is 14.8. The number of benzene rings is 2. The number of thioether (sulfide) groups is 1. The Morgan fingerprint density at radius 2 is 1.81 bits per heavy atom. The number of carbonyl (C=O) groups excluding carboxylic acids is 1. The van der Waals surface area contributed by atoms with Crippen LogP contribution in [0.15, 0.2) is 68.9 Å². The molecule has 26 heavy (non-hydrogen) atoms. The van der Waals surface area contributed by atoms with Gasteiger partial charge in [0, 0.05) is 0 Å². The predicted molar refractivity (Wildman–Crippen MR) is 105 cm³/mol. The van der Waals surface area contributed by atoms with Crippen molar-refractivity contribution in [3.05, 3.63) is 81.3 Å². The maximum atomic E-state index is 14.0. The van der Waals surface area contributed by atoms with Crippen LogP contribution in [0.5, 0.6) is 0 Å². The lowest BCUT2D eigenvalue weighted by Crippen LogP contribution is -2.28. The molecule has 0 N–H and O–H groups in total. The topological polar surface area (TPSA) is 50.5 Å². The normalized spacial score (nSPS) is 16.0. The Labute approximate surface area is 156 Å². The fourth-order valence-electron chi connectivity index (χ4n) is 2.64. The van der Waals surface area contributed by atoms with Crippen molar-refractivity contribution < 1.29 is 13.6 Å². The maximum absolute atomic E-state index is 14.0. The van der Waals surface area contributed by atoms with Gasteiger partial charge in [-0.2, -0.15) is 0 Å². The summed E-state index contributed by atoms with van der Waals surface area (Å²) >= 11 is 6.24. The van der Waals surface area contributed by atoms with Crippen LogP contribution in [0.2, 0.25) is 0 Å². The first-order chi connectivity index (χ1) is 12.6. The van der Waals surface area contributed by atoms with Gasteiger partial charge in [0.05, 0.1) is 21.5 Å². The van der Waals surface area contributed by atoms with E-state index in [2.05, 4.69) is 0 Å². The number of rotatable bonds is 2. The molecule has 0 radical (unpaired) electrons. The third-order valence-electron chi connectivity index (χ3n) is 3.88. The number of thiocarbonyl (C=S) groups is 1. The van der Waals surface area contributed by atoms with Gasteiger partial charge in [-0.05, 0) is 30.3 Å². The summed E-state index contributed by atoms with van der Waals surface area (Å²) < 4.78 is 19.7. The van der Waals surface area contributed by atoms with Gasteiger partial charge in [-0.3, -0.25) is 14.5 Å². The van der Waals surface area contributed by atoms with E-state index in [1.54, 1.807) is 30.3 Å². The molecule has 0 aliphatic carbocycles. The molecule has 0 bridgehead atoms. The highest BCUT2D eigenvalue weighted by Crippen LogP contribution is 2.36. The molecule has 2 aromatic carbocycles. The largest absolute Gasteiger partial charge is 0.463 e. The minimum absolute atomic E-state index is 0.0870. The van der Waals surface area contributed by atoms with E-state index in [0.29, 0.717) is 11.0 Å². The van der Waals surface area contributed by atoms with Crippen molar-refractivity contribution in [2.45, 2.75) is 0 Å². The molecule has 4 nitrogen and oxygen atoms in total. The summed E-state index contributed by atoms with van der Waals surface area (Å²) in [5.74, 6) is -1.02. The van der Waals surface area contributed by atoms with E-state index in [4.69, 9.17) is 16.6 Å². The van der Waals surface area contributed by atoms with Crippen molar-refractivity contribution >= 4 is 56.9 Å². The van der Waals surface area contributed by atoms with E-state index >= 15 is 0 Å². The number of halogens is 1. The van der Waals surface area contributed by atoms with Gasteiger partial charge in [-0.1, -0.05) is 48.2 Å². The molecular weight excluding hydrogens is 373 g/mol. The van der Waals surface area contributed by atoms with Crippen LogP contribution >= 0.6 is 24.0 Å². The lowest BCUT2D eigenvalue weighted by Gasteiger charge is -2.14. The van der Waals surface area contributed by atoms with E-state index in [0.717, 1.165) is 16.7 Å². The number of fused-ring (bicyclic) bond motifs is 1. The van der Waals surface area contributed by atoms with E-state index in [9.17, 15) is 14.0 Å². The molecular formula is C19H10FNO3S2. The van der Waals surface area contributed by atoms with Crippen LogP contribution in [0.4, 0.5) is 10.1 Å². The molecule has 3 aromatic rings. The number of hydrogen-bond acceptors (Lipinski definition) is 5. The SMILES string of the molecule is O=C1C(=Cc2coc3ccccc3c2=O)SC(=S)N1c1ccccc1F. The molecule has 1 amide bonds. The fourth-order valence-corrected chi connectivity index (χ4v) is 3.92. The average molecular weight is 383 g/mol. The predicted octanol–water partition coefficient (Wildman–Crippen LogP) is 4.34. The van der Waals surface area contributed by atoms with Crippen LogP contribution in [0.3, 0.4) is 0 Å². The second-order valence-electron chi connectivity index (χ2n) is 5.48. The number of para-hydroxylation sites is 2. The van der Waals surface area contributed by atoms with Crippen LogP contribution < -0.4 is 10.3 Å². The van der Waals surface area contributed by atoms with Gasteiger partial charge in [0.2, 0.25) is 0 Å². The van der Waals surface area contributed by atoms with E-state index in [-0.39, 0.29) is 25.9 Å². The summed E-state index contributed by atoms with van der Waals surface area (Å²) in [6, 6.07) is 12.8. The molecule has 7 heteroatoms. The summed E-state index contributed by atoms with van der Waals surface area (Å²) in [6.07, 6.45) is 2.73. The second kappa shape index (κ2) is 6.51. The lowest BCUT2D eigenvalue weighted by molar-refractivity contribution is -0.113. The molecule has 0 unspecified atom stereocenters. The minimum atomic E-state index is -0.546. The minimum Gasteiger partial charge on any atom is -0.463 e. The van der Waals surface area contributed by atoms with Gasteiger partial charge in [0.25, 0.3) is 5.91 Å². The van der Waals surface area contributed by atoms with Crippen LogP contribution in [-0.4, -0.2) is 10.2 Å². The Hall–Kier alpha value is -2.77. The molecule has 0 atom stereocenters. The smallest absolute Gasteiger partial charge is 0.270 e. The van der Waals surface area contributed by atoms with Crippen molar-refractivity contribution in [3.63, 3.8) is 0 Å². The molecule has 0 saturated carbocycles. The monoisotopic (exact) mass is 383 g/mol. The second-order valence-corrected chi connectivity index (χ2v) is 7.16. The van der Waals surface area contributed by atoms with Crippen LogP contribution in [0, 0.1) is 5.82 Å². The number of nitrogens with zero attached hydrogens (tertiary/aromatic N) is 1. The Kier molecular flexibility index (Phi) is 4.18. The maximum Gasteiger partial charge on any atom is 0.270 e. The summed E-state index contributed by atoms with van der Waals surface area (Å²) in [6.45, 7) is 0. The van der Waals surface area contributed by atoms with E-state index in [1.165, 1.54) is 30.5 Å². The third kappa shape index (κ3) is 2.75. The van der Waals surface area contributed by atoms with Gasteiger partial charge in [-0.25, -0.2) is 4.39 Å².